The minimum Gasteiger partial charge on any atom is -0.495 e. The lowest BCUT2D eigenvalue weighted by molar-refractivity contribution is -0.115. The number of carbonyl (C=O) groups is 1. The number of hydrogen-bond donors (Lipinski definition) is 1. The first-order chi connectivity index (χ1) is 12.3. The highest BCUT2D eigenvalue weighted by Crippen LogP contribution is 2.29. The van der Waals surface area contributed by atoms with Crippen molar-refractivity contribution in [2.75, 3.05) is 32.3 Å². The first kappa shape index (κ1) is 20.3. The van der Waals surface area contributed by atoms with Crippen LogP contribution in [0, 0.1) is 0 Å². The van der Waals surface area contributed by atoms with Crippen molar-refractivity contribution >= 4 is 33.4 Å². The molecule has 2 aromatic rings. The fourth-order valence-electron chi connectivity index (χ4n) is 2.15. The fraction of sp³-hybridized carbons (Fsp3) is 0.278. The summed E-state index contributed by atoms with van der Waals surface area (Å²) in [5.41, 5.74) is 0.338. The van der Waals surface area contributed by atoms with Crippen molar-refractivity contribution in [2.45, 2.75) is 16.2 Å². The third-order valence-corrected chi connectivity index (χ3v) is 6.39. The molecule has 0 saturated carbocycles. The summed E-state index contributed by atoms with van der Waals surface area (Å²) in [5.74, 6) is 0.825. The number of anilines is 1. The number of nitrogens with one attached hydrogen (secondary N) is 1. The highest BCUT2D eigenvalue weighted by Gasteiger charge is 2.19. The Morgan fingerprint density at radius 2 is 1.85 bits per heavy atom. The predicted octanol–water partition coefficient (Wildman–Crippen LogP) is 3.07. The first-order valence-corrected chi connectivity index (χ1v) is 10.4. The maximum atomic E-state index is 12.3. The van der Waals surface area contributed by atoms with Crippen LogP contribution in [0.3, 0.4) is 0 Å². The van der Waals surface area contributed by atoms with E-state index in [2.05, 4.69) is 5.32 Å². The number of nitrogens with zero attached hydrogens (tertiary/aromatic N) is 1. The van der Waals surface area contributed by atoms with E-state index in [-0.39, 0.29) is 10.8 Å². The highest BCUT2D eigenvalue weighted by atomic mass is 32.2. The van der Waals surface area contributed by atoms with Gasteiger partial charge in [0.05, 0.1) is 17.7 Å². The van der Waals surface area contributed by atoms with Crippen LogP contribution in [0.5, 0.6) is 5.75 Å². The molecule has 2 rings (SSSR count). The second-order valence-corrected chi connectivity index (χ2v) is 8.93. The number of carbonyl (C=O) groups excluding carboxylic acids is 1. The summed E-state index contributed by atoms with van der Waals surface area (Å²) in [6.45, 7) is 0. The molecule has 8 heteroatoms. The largest absolute Gasteiger partial charge is 0.495 e. The van der Waals surface area contributed by atoms with Crippen LogP contribution in [0.25, 0.3) is 0 Å². The molecule has 0 radical (unpaired) electrons. The quantitative estimate of drug-likeness (QED) is 0.697. The molecule has 0 heterocycles. The predicted molar refractivity (Wildman–Crippen MR) is 104 cm³/mol. The third kappa shape index (κ3) is 5.23. The number of hydrogen-bond acceptors (Lipinski definition) is 5. The Morgan fingerprint density at radius 1 is 1.15 bits per heavy atom. The van der Waals surface area contributed by atoms with Crippen LogP contribution in [-0.2, 0) is 14.8 Å². The topological polar surface area (TPSA) is 75.7 Å². The zero-order valence-corrected chi connectivity index (χ0v) is 16.6. The number of thioether (sulfide) groups is 1. The Bertz CT molecular complexity index is 853. The van der Waals surface area contributed by atoms with Crippen LogP contribution in [0.4, 0.5) is 5.69 Å². The van der Waals surface area contributed by atoms with Gasteiger partial charge in [-0.25, -0.2) is 12.7 Å². The van der Waals surface area contributed by atoms with E-state index < -0.39 is 10.0 Å². The molecule has 0 bridgehead atoms. The van der Waals surface area contributed by atoms with Crippen LogP contribution in [-0.4, -0.2) is 45.6 Å². The standard InChI is InChI=1S/C18H22N2O4S2/c1-20(2)26(22,23)15-9-10-17(24-3)16(13-15)19-18(21)11-12-25-14-7-5-4-6-8-14/h4-10,13H,11-12H2,1-3H3,(H,19,21). The van der Waals surface area contributed by atoms with Gasteiger partial charge in [-0.05, 0) is 30.3 Å². The molecule has 0 fully saturated rings. The van der Waals surface area contributed by atoms with E-state index in [9.17, 15) is 13.2 Å². The number of amides is 1. The summed E-state index contributed by atoms with van der Waals surface area (Å²) >= 11 is 1.59. The zero-order chi connectivity index (χ0) is 19.2. The molecule has 0 aliphatic heterocycles. The van der Waals surface area contributed by atoms with Crippen LogP contribution >= 0.6 is 11.8 Å². The maximum Gasteiger partial charge on any atom is 0.242 e. The van der Waals surface area contributed by atoms with Crippen molar-refractivity contribution in [2.24, 2.45) is 0 Å². The van der Waals surface area contributed by atoms with Gasteiger partial charge >= 0.3 is 0 Å². The Kier molecular flexibility index (Phi) is 7.07. The fourth-order valence-corrected chi connectivity index (χ4v) is 3.95. The number of benzene rings is 2. The van der Waals surface area contributed by atoms with E-state index in [0.717, 1.165) is 9.20 Å². The van der Waals surface area contributed by atoms with Gasteiger partial charge in [0.1, 0.15) is 5.75 Å². The first-order valence-electron chi connectivity index (χ1n) is 7.93. The van der Waals surface area contributed by atoms with Crippen LogP contribution < -0.4 is 10.1 Å². The number of rotatable bonds is 8. The molecule has 1 amide bonds. The van der Waals surface area contributed by atoms with Gasteiger partial charge in [0.25, 0.3) is 0 Å². The van der Waals surface area contributed by atoms with E-state index in [0.29, 0.717) is 23.6 Å². The summed E-state index contributed by atoms with van der Waals surface area (Å²) in [5, 5.41) is 2.74. The molecule has 0 saturated heterocycles. The number of ether oxygens (including phenoxy) is 1. The number of sulfonamides is 1. The third-order valence-electron chi connectivity index (χ3n) is 3.56. The summed E-state index contributed by atoms with van der Waals surface area (Å²) in [4.78, 5) is 13.4. The Hall–Kier alpha value is -2.03. The highest BCUT2D eigenvalue weighted by molar-refractivity contribution is 7.99. The Morgan fingerprint density at radius 3 is 2.46 bits per heavy atom. The van der Waals surface area contributed by atoms with Crippen LogP contribution in [0.15, 0.2) is 58.3 Å². The molecule has 0 aromatic heterocycles. The van der Waals surface area contributed by atoms with E-state index in [4.69, 9.17) is 4.74 Å². The molecule has 140 valence electrons. The molecular weight excluding hydrogens is 372 g/mol. The van der Waals surface area contributed by atoms with E-state index in [1.807, 2.05) is 30.3 Å². The Balaban J connectivity index is 2.06. The van der Waals surface area contributed by atoms with Crippen molar-refractivity contribution in [3.63, 3.8) is 0 Å². The lowest BCUT2D eigenvalue weighted by atomic mass is 10.3. The molecule has 0 aliphatic rings. The number of methoxy groups -OCH3 is 1. The van der Waals surface area contributed by atoms with Gasteiger partial charge in [0.2, 0.25) is 15.9 Å². The summed E-state index contributed by atoms with van der Waals surface area (Å²) < 4.78 is 30.9. The van der Waals surface area contributed by atoms with Crippen molar-refractivity contribution < 1.29 is 17.9 Å². The molecule has 0 aliphatic carbocycles. The van der Waals surface area contributed by atoms with E-state index in [1.54, 1.807) is 11.8 Å². The molecule has 0 unspecified atom stereocenters. The van der Waals surface area contributed by atoms with E-state index >= 15 is 0 Å². The summed E-state index contributed by atoms with van der Waals surface area (Å²) in [6, 6.07) is 14.2. The molecular formula is C18H22N2O4S2. The summed E-state index contributed by atoms with van der Waals surface area (Å²) in [7, 11) is 0.792. The zero-order valence-electron chi connectivity index (χ0n) is 14.9. The Labute approximate surface area is 158 Å². The van der Waals surface area contributed by atoms with Crippen molar-refractivity contribution in [3.05, 3.63) is 48.5 Å². The maximum absolute atomic E-state index is 12.3. The van der Waals surface area contributed by atoms with Gasteiger partial charge in [-0.2, -0.15) is 0 Å². The van der Waals surface area contributed by atoms with Gasteiger partial charge < -0.3 is 10.1 Å². The van der Waals surface area contributed by atoms with Crippen LogP contribution in [0.2, 0.25) is 0 Å². The lowest BCUT2D eigenvalue weighted by Crippen LogP contribution is -2.22. The molecule has 6 nitrogen and oxygen atoms in total. The van der Waals surface area contributed by atoms with Gasteiger partial charge in [0.15, 0.2) is 0 Å². The normalized spacial score (nSPS) is 11.4. The van der Waals surface area contributed by atoms with Crippen LogP contribution in [0.1, 0.15) is 6.42 Å². The van der Waals surface area contributed by atoms with Crippen molar-refractivity contribution in [1.29, 1.82) is 0 Å². The van der Waals surface area contributed by atoms with Gasteiger partial charge in [-0.3, -0.25) is 4.79 Å². The van der Waals surface area contributed by atoms with Gasteiger partial charge in [-0.1, -0.05) is 18.2 Å². The minimum absolute atomic E-state index is 0.0947. The second-order valence-electron chi connectivity index (χ2n) is 5.61. The smallest absolute Gasteiger partial charge is 0.242 e. The van der Waals surface area contributed by atoms with Crippen molar-refractivity contribution in [1.82, 2.24) is 4.31 Å². The van der Waals surface area contributed by atoms with Gasteiger partial charge in [-0.15, -0.1) is 11.8 Å². The molecule has 1 N–H and O–H groups in total. The summed E-state index contributed by atoms with van der Waals surface area (Å²) in [6.07, 6.45) is 0.299. The second kappa shape index (κ2) is 9.07. The molecule has 0 spiro atoms. The van der Waals surface area contributed by atoms with Gasteiger partial charge in [0, 0.05) is 31.2 Å². The average Bonchev–Trinajstić information content (AvgIpc) is 2.62. The monoisotopic (exact) mass is 394 g/mol. The average molecular weight is 395 g/mol. The SMILES string of the molecule is COc1ccc(S(=O)(=O)N(C)C)cc1NC(=O)CCSc1ccccc1. The molecule has 26 heavy (non-hydrogen) atoms. The molecule has 0 atom stereocenters. The lowest BCUT2D eigenvalue weighted by Gasteiger charge is -2.15. The minimum atomic E-state index is -3.59. The van der Waals surface area contributed by atoms with Crippen molar-refractivity contribution in [3.8, 4) is 5.75 Å². The van der Waals surface area contributed by atoms with E-state index in [1.165, 1.54) is 39.4 Å². The molecule has 2 aromatic carbocycles.